The summed E-state index contributed by atoms with van der Waals surface area (Å²) in [6.07, 6.45) is 7.59. The Hall–Kier alpha value is -1.95. The molecule has 32 heavy (non-hydrogen) atoms. The molecule has 4 atom stereocenters. The van der Waals surface area contributed by atoms with Crippen LogP contribution in [0.2, 0.25) is 0 Å². The van der Waals surface area contributed by atoms with E-state index in [2.05, 4.69) is 91.7 Å². The molecule has 0 aromatic heterocycles. The van der Waals surface area contributed by atoms with Gasteiger partial charge in [0.25, 0.3) is 0 Å². The van der Waals surface area contributed by atoms with Gasteiger partial charge in [-0.25, -0.2) is 4.79 Å². The number of likely N-dealkylation sites (N-methyl/N-ethyl adjacent to an activating group) is 1. The molecule has 178 valence electrons. The van der Waals surface area contributed by atoms with Crippen molar-refractivity contribution in [3.05, 3.63) is 59.7 Å². The maximum Gasteiger partial charge on any atom is 0.370 e. The summed E-state index contributed by atoms with van der Waals surface area (Å²) >= 11 is 0. The molecule has 0 saturated carbocycles. The van der Waals surface area contributed by atoms with Gasteiger partial charge in [0.05, 0.1) is 48.2 Å². The molecule has 4 unspecified atom stereocenters. The Labute approximate surface area is 196 Å². The first-order valence-corrected chi connectivity index (χ1v) is 11.7. The van der Waals surface area contributed by atoms with Gasteiger partial charge < -0.3 is 8.97 Å². The van der Waals surface area contributed by atoms with E-state index >= 15 is 0 Å². The summed E-state index contributed by atoms with van der Waals surface area (Å²) in [5.41, 5.74) is 2.56. The quantitative estimate of drug-likeness (QED) is 0.424. The summed E-state index contributed by atoms with van der Waals surface area (Å²) in [6.45, 7) is 3.16. The van der Waals surface area contributed by atoms with Crippen molar-refractivity contribution in [3.8, 4) is 0 Å². The van der Waals surface area contributed by atoms with E-state index in [-0.39, 0.29) is 34.4 Å². The maximum absolute atomic E-state index is 13.6. The highest BCUT2D eigenvalue weighted by molar-refractivity contribution is 5.73. The minimum atomic E-state index is -0.225. The van der Waals surface area contributed by atoms with E-state index in [9.17, 15) is 4.79 Å². The Morgan fingerprint density at radius 3 is 2.06 bits per heavy atom. The average Bonchev–Trinajstić information content (AvgIpc) is 2.61. The van der Waals surface area contributed by atoms with Gasteiger partial charge >= 0.3 is 5.97 Å². The molecule has 1 aliphatic rings. The number of nitrogens with zero attached hydrogens (tertiary/aromatic N) is 3. The maximum atomic E-state index is 13.6. The van der Waals surface area contributed by atoms with Gasteiger partial charge in [-0.05, 0) is 11.8 Å². The molecule has 0 aliphatic heterocycles. The van der Waals surface area contributed by atoms with E-state index in [4.69, 9.17) is 4.84 Å². The summed E-state index contributed by atoms with van der Waals surface area (Å²) < 4.78 is 1.78. The van der Waals surface area contributed by atoms with Crippen LogP contribution in [0.25, 0.3) is 0 Å². The third-order valence-corrected chi connectivity index (χ3v) is 6.01. The third-order valence-electron chi connectivity index (χ3n) is 6.01. The number of carbonyl (C=O) groups is 1. The van der Waals surface area contributed by atoms with Crippen LogP contribution in [0.4, 0.5) is 0 Å². The van der Waals surface area contributed by atoms with E-state index < -0.39 is 0 Å². The second-order valence-electron chi connectivity index (χ2n) is 12.2. The number of hydroxylamine groups is 3. The molecule has 0 heterocycles. The predicted octanol–water partition coefficient (Wildman–Crippen LogP) is 4.06. The van der Waals surface area contributed by atoms with Gasteiger partial charge in [0, 0.05) is 17.6 Å². The van der Waals surface area contributed by atoms with E-state index in [0.717, 1.165) is 21.9 Å². The monoisotopic (exact) mass is 444 g/mol. The molecular weight excluding hydrogens is 398 g/mol. The topological polar surface area (TPSA) is 26.3 Å². The lowest BCUT2D eigenvalue weighted by atomic mass is 9.74. The Kier molecular flexibility index (Phi) is 8.14. The van der Waals surface area contributed by atoms with Crippen LogP contribution in [0.3, 0.4) is 0 Å². The molecule has 2 rings (SSSR count). The molecule has 0 bridgehead atoms. The van der Waals surface area contributed by atoms with Crippen molar-refractivity contribution in [3.63, 3.8) is 0 Å². The van der Waals surface area contributed by atoms with Crippen molar-refractivity contribution in [2.75, 3.05) is 70.0 Å². The molecule has 1 aromatic carbocycles. The number of hydrogen-bond acceptors (Lipinski definition) is 2. The largest absolute Gasteiger partial charge is 0.370 e. The van der Waals surface area contributed by atoms with E-state index in [0.29, 0.717) is 0 Å². The van der Waals surface area contributed by atoms with Gasteiger partial charge in [-0.3, -0.25) is 4.84 Å². The molecule has 1 aromatic rings. The van der Waals surface area contributed by atoms with E-state index in [1.807, 2.05) is 27.2 Å². The second-order valence-corrected chi connectivity index (χ2v) is 12.2. The highest BCUT2D eigenvalue weighted by Crippen LogP contribution is 2.39. The van der Waals surface area contributed by atoms with Crippen LogP contribution >= 0.6 is 0 Å². The van der Waals surface area contributed by atoms with Crippen molar-refractivity contribution in [1.29, 1.82) is 0 Å². The molecule has 1 aliphatic carbocycles. The Balaban J connectivity index is 2.47. The predicted molar refractivity (Wildman–Crippen MR) is 132 cm³/mol. The van der Waals surface area contributed by atoms with Crippen molar-refractivity contribution in [1.82, 2.24) is 0 Å². The number of benzene rings is 1. The van der Waals surface area contributed by atoms with Crippen LogP contribution in [-0.2, 0) is 9.63 Å². The lowest BCUT2D eigenvalue weighted by Crippen LogP contribution is -2.45. The lowest BCUT2D eigenvalue weighted by molar-refractivity contribution is -1.04. The van der Waals surface area contributed by atoms with Crippen LogP contribution < -0.4 is 0 Å². The minimum Gasteiger partial charge on any atom is -0.327 e. The molecule has 0 saturated heterocycles. The zero-order valence-corrected chi connectivity index (χ0v) is 22.0. The zero-order chi connectivity index (χ0) is 24.3. The van der Waals surface area contributed by atoms with Crippen LogP contribution in [0.15, 0.2) is 54.1 Å². The number of allylic oxidation sites excluding steroid dienone is 2. The molecule has 5 heteroatoms. The molecular formula is C27H46N3O2+3. The third kappa shape index (κ3) is 7.88. The van der Waals surface area contributed by atoms with E-state index in [1.54, 1.807) is 0 Å². The van der Waals surface area contributed by atoms with Crippen LogP contribution in [0.1, 0.15) is 24.9 Å². The molecule has 0 fully saturated rings. The first-order valence-electron chi connectivity index (χ1n) is 11.7. The van der Waals surface area contributed by atoms with Gasteiger partial charge in [-0.2, -0.15) is 0 Å². The molecule has 0 spiro atoms. The smallest absolute Gasteiger partial charge is 0.327 e. The van der Waals surface area contributed by atoms with Gasteiger partial charge in [-0.1, -0.05) is 55.5 Å². The van der Waals surface area contributed by atoms with Crippen LogP contribution in [0.5, 0.6) is 0 Å². The fraction of sp³-hybridized carbons (Fsp3) is 0.593. The van der Waals surface area contributed by atoms with Crippen LogP contribution in [-0.4, -0.2) is 89.6 Å². The summed E-state index contributed by atoms with van der Waals surface area (Å²) in [5.74, 6) is 0.0516. The first-order chi connectivity index (χ1) is 14.6. The van der Waals surface area contributed by atoms with Gasteiger partial charge in [-0.15, -0.1) is 4.65 Å². The molecule has 5 nitrogen and oxygen atoms in total. The standard InChI is InChI=1S/C27H46N3O2/c1-21-16-17-22(20-28(2,3)4)18-24(21)25(27(31)32-30(8,9)10)19-26(29(5,6)7)23-14-12-11-13-15-23/h11-18,21,24-26H,19-20H2,1-10H3/q+3. The average molecular weight is 445 g/mol. The minimum absolute atomic E-state index is 0.110. The SMILES string of the molecule is CC1C=CC(C[N+](C)(C)C)=CC1C(CC(c1ccccc1)[N+](C)(C)C)C(=O)O[N+](C)(C)C. The summed E-state index contributed by atoms with van der Waals surface area (Å²) in [5, 5.41) is 0. The number of rotatable bonds is 9. The lowest BCUT2D eigenvalue weighted by Gasteiger charge is -2.39. The molecule has 0 radical (unpaired) electrons. The molecule has 0 N–H and O–H groups in total. The Morgan fingerprint density at radius 1 is 0.969 bits per heavy atom. The second kappa shape index (κ2) is 9.90. The summed E-state index contributed by atoms with van der Waals surface area (Å²) in [7, 11) is 18.9. The number of quaternary nitrogens is 3. The van der Waals surface area contributed by atoms with E-state index in [1.165, 1.54) is 11.1 Å². The summed E-state index contributed by atoms with van der Waals surface area (Å²) in [4.78, 5) is 19.5. The van der Waals surface area contributed by atoms with Crippen molar-refractivity contribution in [2.45, 2.75) is 19.4 Å². The fourth-order valence-electron chi connectivity index (χ4n) is 4.56. The van der Waals surface area contributed by atoms with Crippen molar-refractivity contribution in [2.24, 2.45) is 17.8 Å². The highest BCUT2D eigenvalue weighted by Gasteiger charge is 2.41. The van der Waals surface area contributed by atoms with Gasteiger partial charge in [0.2, 0.25) is 0 Å². The van der Waals surface area contributed by atoms with Crippen LogP contribution in [0, 0.1) is 17.8 Å². The first kappa shape index (κ1) is 26.3. The molecule has 0 amide bonds. The fourth-order valence-corrected chi connectivity index (χ4v) is 4.56. The van der Waals surface area contributed by atoms with Gasteiger partial charge in [0.15, 0.2) is 0 Å². The Bertz CT molecular complexity index is 823. The van der Waals surface area contributed by atoms with Crippen molar-refractivity contribution >= 4 is 5.97 Å². The number of hydrogen-bond donors (Lipinski definition) is 0. The normalized spacial score (nSPS) is 21.6. The Morgan fingerprint density at radius 2 is 1.56 bits per heavy atom. The number of carbonyl (C=O) groups excluding carboxylic acids is 1. The van der Waals surface area contributed by atoms with Crippen molar-refractivity contribution < 1.29 is 23.2 Å². The van der Waals surface area contributed by atoms with Gasteiger partial charge in [0.1, 0.15) is 33.7 Å². The zero-order valence-electron chi connectivity index (χ0n) is 22.0. The summed E-state index contributed by atoms with van der Waals surface area (Å²) in [6, 6.07) is 10.8. The highest BCUT2D eigenvalue weighted by atomic mass is 16.7.